The van der Waals surface area contributed by atoms with Gasteiger partial charge >= 0.3 is 0 Å². The van der Waals surface area contributed by atoms with Crippen LogP contribution in [-0.2, 0) is 24.4 Å². The number of aliphatic imine (C=N–C) groups is 1. The minimum absolute atomic E-state index is 0.121. The number of carbonyl (C=O) groups excluding carboxylic acids is 3. The SMILES string of the molecule is CC1(C(=O)N2c3ccc(S(N)(=O)=O)cc3NC(=O)C2c2ccccc2)CC(=O)N=C2C=CC=CN21. The molecule has 0 aromatic heterocycles. The van der Waals surface area contributed by atoms with Gasteiger partial charge in [-0.05, 0) is 42.8 Å². The molecule has 11 heteroatoms. The molecule has 2 aromatic rings. The van der Waals surface area contributed by atoms with E-state index in [0.29, 0.717) is 11.4 Å². The Kier molecular flexibility index (Phi) is 5.18. The summed E-state index contributed by atoms with van der Waals surface area (Å²) in [6.07, 6.45) is 6.52. The van der Waals surface area contributed by atoms with Gasteiger partial charge in [0, 0.05) is 6.20 Å². The summed E-state index contributed by atoms with van der Waals surface area (Å²) < 4.78 is 23.8. The Morgan fingerprint density at radius 3 is 2.60 bits per heavy atom. The van der Waals surface area contributed by atoms with Crippen LogP contribution in [-0.4, -0.2) is 42.4 Å². The molecular formula is C24H21N5O5S. The molecule has 10 nitrogen and oxygen atoms in total. The number of allylic oxidation sites excluding steroid dienone is 2. The van der Waals surface area contributed by atoms with E-state index >= 15 is 0 Å². The molecule has 0 saturated heterocycles. The summed E-state index contributed by atoms with van der Waals surface area (Å²) in [5.41, 5.74) is -0.440. The normalized spacial score (nSPS) is 23.4. The smallest absolute Gasteiger partial charge is 0.254 e. The van der Waals surface area contributed by atoms with E-state index < -0.39 is 39.3 Å². The lowest BCUT2D eigenvalue weighted by atomic mass is 9.88. The third-order valence-electron chi connectivity index (χ3n) is 6.22. The van der Waals surface area contributed by atoms with E-state index in [9.17, 15) is 22.8 Å². The van der Waals surface area contributed by atoms with Crippen molar-refractivity contribution >= 4 is 45.0 Å². The topological polar surface area (TPSA) is 142 Å². The minimum Gasteiger partial charge on any atom is -0.322 e. The fourth-order valence-corrected chi connectivity index (χ4v) is 5.09. The first-order chi connectivity index (χ1) is 16.6. The van der Waals surface area contributed by atoms with Crippen molar-refractivity contribution in [3.05, 3.63) is 78.5 Å². The molecule has 0 radical (unpaired) electrons. The van der Waals surface area contributed by atoms with Crippen LogP contribution in [0.1, 0.15) is 24.9 Å². The van der Waals surface area contributed by atoms with Crippen LogP contribution in [0.5, 0.6) is 0 Å². The number of anilines is 2. The minimum atomic E-state index is -4.05. The Hall–Kier alpha value is -4.09. The highest BCUT2D eigenvalue weighted by molar-refractivity contribution is 7.89. The number of hydrogen-bond donors (Lipinski definition) is 2. The van der Waals surface area contributed by atoms with Gasteiger partial charge in [0.1, 0.15) is 17.4 Å². The van der Waals surface area contributed by atoms with E-state index in [2.05, 4.69) is 10.3 Å². The molecule has 3 amide bonds. The molecule has 0 spiro atoms. The Balaban J connectivity index is 1.69. The molecule has 0 bridgehead atoms. The van der Waals surface area contributed by atoms with Crippen molar-refractivity contribution in [1.29, 1.82) is 0 Å². The van der Waals surface area contributed by atoms with Gasteiger partial charge in [-0.2, -0.15) is 4.99 Å². The van der Waals surface area contributed by atoms with Crippen LogP contribution >= 0.6 is 0 Å². The molecule has 3 aliphatic rings. The molecule has 0 aliphatic carbocycles. The van der Waals surface area contributed by atoms with Gasteiger partial charge in [0.2, 0.25) is 10.0 Å². The summed E-state index contributed by atoms with van der Waals surface area (Å²) in [4.78, 5) is 47.0. The lowest BCUT2D eigenvalue weighted by Crippen LogP contribution is -2.62. The van der Waals surface area contributed by atoms with E-state index in [1.54, 1.807) is 66.6 Å². The second-order valence-corrected chi connectivity index (χ2v) is 10.1. The average molecular weight is 492 g/mol. The van der Waals surface area contributed by atoms with Crippen molar-refractivity contribution in [2.45, 2.75) is 29.8 Å². The maximum absolute atomic E-state index is 14.3. The third-order valence-corrected chi connectivity index (χ3v) is 7.13. The monoisotopic (exact) mass is 491 g/mol. The maximum Gasteiger partial charge on any atom is 0.254 e. The quantitative estimate of drug-likeness (QED) is 0.671. The highest BCUT2D eigenvalue weighted by Crippen LogP contribution is 2.42. The number of rotatable bonds is 3. The standard InChI is InChI=1S/C24H21N5O5S/c1-24(14-20(30)27-19-9-5-6-12-28(19)24)23(32)29-18-11-10-16(35(25,33)34)13-17(18)26-22(31)21(29)15-7-3-2-4-8-15/h2-13,21H,14H2,1H3,(H,26,31)(H2,25,33,34). The Morgan fingerprint density at radius 2 is 1.89 bits per heavy atom. The number of benzene rings is 2. The van der Waals surface area contributed by atoms with Crippen molar-refractivity contribution in [3.63, 3.8) is 0 Å². The Labute approximate surface area is 201 Å². The van der Waals surface area contributed by atoms with Crippen molar-refractivity contribution in [3.8, 4) is 0 Å². The molecule has 2 unspecified atom stereocenters. The number of nitrogens with zero attached hydrogens (tertiary/aromatic N) is 3. The summed E-state index contributed by atoms with van der Waals surface area (Å²) in [5.74, 6) is -1.19. The van der Waals surface area contributed by atoms with Crippen LogP contribution in [0.3, 0.4) is 0 Å². The highest BCUT2D eigenvalue weighted by Gasteiger charge is 2.51. The first-order valence-electron chi connectivity index (χ1n) is 10.7. The summed E-state index contributed by atoms with van der Waals surface area (Å²) in [5, 5.41) is 7.98. The van der Waals surface area contributed by atoms with Gasteiger partial charge in [0.15, 0.2) is 0 Å². The van der Waals surface area contributed by atoms with E-state index in [-0.39, 0.29) is 22.7 Å². The first-order valence-corrected chi connectivity index (χ1v) is 12.3. The Bertz CT molecular complexity index is 1460. The molecule has 3 heterocycles. The lowest BCUT2D eigenvalue weighted by molar-refractivity contribution is -0.134. The van der Waals surface area contributed by atoms with Crippen LogP contribution in [0.4, 0.5) is 11.4 Å². The van der Waals surface area contributed by atoms with Crippen LogP contribution in [0, 0.1) is 0 Å². The second kappa shape index (κ2) is 8.00. The molecule has 3 aliphatic heterocycles. The van der Waals surface area contributed by atoms with Crippen LogP contribution in [0.25, 0.3) is 0 Å². The highest BCUT2D eigenvalue weighted by atomic mass is 32.2. The zero-order chi connectivity index (χ0) is 25.0. The lowest BCUT2D eigenvalue weighted by Gasteiger charge is -2.47. The van der Waals surface area contributed by atoms with Crippen LogP contribution in [0.15, 0.2) is 82.8 Å². The number of amidine groups is 1. The number of carbonyl (C=O) groups is 3. The van der Waals surface area contributed by atoms with Gasteiger partial charge in [0.25, 0.3) is 17.7 Å². The fourth-order valence-electron chi connectivity index (χ4n) is 4.55. The zero-order valence-electron chi connectivity index (χ0n) is 18.6. The molecule has 2 aromatic carbocycles. The number of amides is 3. The number of hydrogen-bond acceptors (Lipinski definition) is 6. The second-order valence-electron chi connectivity index (χ2n) is 8.59. The Morgan fingerprint density at radius 1 is 1.14 bits per heavy atom. The average Bonchev–Trinajstić information content (AvgIpc) is 2.82. The summed E-state index contributed by atoms with van der Waals surface area (Å²) >= 11 is 0. The molecule has 178 valence electrons. The number of primary sulfonamides is 1. The van der Waals surface area contributed by atoms with Crippen molar-refractivity contribution in [1.82, 2.24) is 4.90 Å². The molecule has 2 atom stereocenters. The number of nitrogens with one attached hydrogen (secondary N) is 1. The maximum atomic E-state index is 14.3. The predicted molar refractivity (Wildman–Crippen MR) is 129 cm³/mol. The predicted octanol–water partition coefficient (Wildman–Crippen LogP) is 1.83. The summed E-state index contributed by atoms with van der Waals surface area (Å²) in [6, 6.07) is 11.6. The van der Waals surface area contributed by atoms with Crippen molar-refractivity contribution in [2.24, 2.45) is 10.1 Å². The molecule has 0 fully saturated rings. The van der Waals surface area contributed by atoms with E-state index in [1.807, 2.05) is 0 Å². The van der Waals surface area contributed by atoms with Crippen LogP contribution < -0.4 is 15.4 Å². The number of nitrogens with two attached hydrogens (primary N) is 1. The summed E-state index contributed by atoms with van der Waals surface area (Å²) in [7, 11) is -4.05. The van der Waals surface area contributed by atoms with Gasteiger partial charge < -0.3 is 10.2 Å². The van der Waals surface area contributed by atoms with Gasteiger partial charge in [-0.3, -0.25) is 19.3 Å². The third kappa shape index (κ3) is 3.74. The molecule has 3 N–H and O–H groups in total. The van der Waals surface area contributed by atoms with E-state index in [0.717, 1.165) is 0 Å². The largest absolute Gasteiger partial charge is 0.322 e. The molecule has 35 heavy (non-hydrogen) atoms. The van der Waals surface area contributed by atoms with Gasteiger partial charge in [-0.15, -0.1) is 0 Å². The van der Waals surface area contributed by atoms with Crippen molar-refractivity contribution < 1.29 is 22.8 Å². The van der Waals surface area contributed by atoms with Crippen LogP contribution in [0.2, 0.25) is 0 Å². The molecular weight excluding hydrogens is 470 g/mol. The summed E-state index contributed by atoms with van der Waals surface area (Å²) in [6.45, 7) is 1.62. The zero-order valence-corrected chi connectivity index (χ0v) is 19.4. The fraction of sp³-hybridized carbons (Fsp3) is 0.167. The van der Waals surface area contributed by atoms with Gasteiger partial charge in [-0.1, -0.05) is 36.4 Å². The molecule has 0 saturated carbocycles. The van der Waals surface area contributed by atoms with Crippen molar-refractivity contribution in [2.75, 3.05) is 10.2 Å². The van der Waals surface area contributed by atoms with E-state index in [1.165, 1.54) is 23.1 Å². The molecule has 5 rings (SSSR count). The van der Waals surface area contributed by atoms with Gasteiger partial charge in [0.05, 0.1) is 22.7 Å². The number of sulfonamides is 1. The van der Waals surface area contributed by atoms with Gasteiger partial charge in [-0.25, -0.2) is 13.6 Å². The first kappa shape index (κ1) is 22.7. The van der Waals surface area contributed by atoms with E-state index in [4.69, 9.17) is 5.14 Å². The number of fused-ring (bicyclic) bond motifs is 2.